The third-order valence-corrected chi connectivity index (χ3v) is 5.80. The number of methoxy groups -OCH3 is 3. The molecule has 0 saturated heterocycles. The maximum atomic E-state index is 12.4. The van der Waals surface area contributed by atoms with Gasteiger partial charge in [-0.1, -0.05) is 17.7 Å². The number of aryl methyl sites for hydroxylation is 2. The van der Waals surface area contributed by atoms with E-state index in [1.54, 1.807) is 19.2 Å². The van der Waals surface area contributed by atoms with Crippen molar-refractivity contribution in [1.29, 1.82) is 0 Å². The van der Waals surface area contributed by atoms with Crippen LogP contribution in [-0.2, 0) is 21.3 Å². The Bertz CT molecular complexity index is 1330. The molecule has 0 aliphatic rings. The minimum atomic E-state index is -0.588. The van der Waals surface area contributed by atoms with Crippen LogP contribution in [0, 0.1) is 6.92 Å². The van der Waals surface area contributed by atoms with Gasteiger partial charge in [0.05, 0.1) is 31.9 Å². The molecule has 0 atom stereocenters. The van der Waals surface area contributed by atoms with Gasteiger partial charge < -0.3 is 18.6 Å². The second-order valence-electron chi connectivity index (χ2n) is 7.69. The summed E-state index contributed by atoms with van der Waals surface area (Å²) >= 11 is 6.46. The molecule has 3 aromatic rings. The Hall–Kier alpha value is -3.52. The van der Waals surface area contributed by atoms with E-state index in [2.05, 4.69) is 0 Å². The lowest BCUT2D eigenvalue weighted by molar-refractivity contribution is -0.140. The van der Waals surface area contributed by atoms with Gasteiger partial charge in [0, 0.05) is 13.5 Å². The highest BCUT2D eigenvalue weighted by Crippen LogP contribution is 2.36. The van der Waals surface area contributed by atoms with Crippen LogP contribution in [-0.4, -0.2) is 37.8 Å². The first-order chi connectivity index (χ1) is 16.2. The Kier molecular flexibility index (Phi) is 7.83. The third kappa shape index (κ3) is 5.02. The Morgan fingerprint density at radius 1 is 1.09 bits per heavy atom. The molecule has 34 heavy (non-hydrogen) atoms. The van der Waals surface area contributed by atoms with Gasteiger partial charge in [-0.3, -0.25) is 9.36 Å². The first-order valence-electron chi connectivity index (χ1n) is 10.6. The van der Waals surface area contributed by atoms with Gasteiger partial charge in [-0.25, -0.2) is 9.59 Å². The molecule has 2 aromatic carbocycles. The Balaban J connectivity index is 2.19. The molecule has 1 heterocycles. The lowest BCUT2D eigenvalue weighted by Crippen LogP contribution is -2.08. The van der Waals surface area contributed by atoms with Crippen molar-refractivity contribution in [1.82, 2.24) is 4.57 Å². The highest BCUT2D eigenvalue weighted by molar-refractivity contribution is 6.33. The van der Waals surface area contributed by atoms with Gasteiger partial charge >= 0.3 is 17.7 Å². The predicted molar refractivity (Wildman–Crippen MR) is 128 cm³/mol. The number of nitrogens with zero attached hydrogens (tertiary/aromatic N) is 1. The van der Waals surface area contributed by atoms with Crippen LogP contribution in [0.5, 0.6) is 5.75 Å². The van der Waals surface area contributed by atoms with E-state index in [-0.39, 0.29) is 28.7 Å². The molecule has 180 valence electrons. The van der Waals surface area contributed by atoms with E-state index in [1.165, 1.54) is 25.9 Å². The number of allylic oxidation sites excluding steroid dienone is 1. The van der Waals surface area contributed by atoms with E-state index in [4.69, 9.17) is 30.2 Å². The van der Waals surface area contributed by atoms with Gasteiger partial charge in [-0.2, -0.15) is 0 Å². The van der Waals surface area contributed by atoms with Crippen LogP contribution in [0.4, 0.5) is 0 Å². The summed E-state index contributed by atoms with van der Waals surface area (Å²) in [6, 6.07) is 7.09. The second-order valence-corrected chi connectivity index (χ2v) is 8.09. The lowest BCUT2D eigenvalue weighted by atomic mass is 9.93. The van der Waals surface area contributed by atoms with Gasteiger partial charge in [-0.15, -0.1) is 0 Å². The molecule has 0 amide bonds. The molecule has 9 heteroatoms. The Morgan fingerprint density at radius 3 is 2.44 bits per heavy atom. The van der Waals surface area contributed by atoms with Crippen LogP contribution < -0.4 is 10.5 Å². The molecule has 0 radical (unpaired) electrons. The fourth-order valence-corrected chi connectivity index (χ4v) is 4.06. The highest BCUT2D eigenvalue weighted by atomic mass is 35.5. The van der Waals surface area contributed by atoms with Crippen LogP contribution in [0.1, 0.15) is 46.3 Å². The van der Waals surface area contributed by atoms with Crippen LogP contribution in [0.25, 0.3) is 16.7 Å². The van der Waals surface area contributed by atoms with Gasteiger partial charge in [0.15, 0.2) is 11.3 Å². The number of hydrogen-bond donors (Lipinski definition) is 0. The smallest absolute Gasteiger partial charge is 0.419 e. The number of carbonyl (C=O) groups is 2. The van der Waals surface area contributed by atoms with Crippen LogP contribution in [0.2, 0.25) is 5.02 Å². The molecule has 0 aliphatic carbocycles. The fraction of sp³-hybridized carbons (Fsp3) is 0.320. The standard InChI is InChI=1S/C25H26ClNO7/c1-14-10-15(13-20-22(14)34-25(30)27(20)2)17(8-6-7-9-21(28)31-3)16-11-18(24(29)33-5)23(32-4)19(26)12-16/h8,10-13H,6-7,9H2,1-5H3. The molecule has 0 aliphatic heterocycles. The number of benzene rings is 2. The predicted octanol–water partition coefficient (Wildman–Crippen LogP) is 4.66. The second kappa shape index (κ2) is 10.6. The minimum absolute atomic E-state index is 0.182. The number of ether oxygens (including phenoxy) is 3. The summed E-state index contributed by atoms with van der Waals surface area (Å²) in [7, 11) is 5.69. The van der Waals surface area contributed by atoms with Crippen molar-refractivity contribution in [3.63, 3.8) is 0 Å². The molecule has 0 bridgehead atoms. The number of hydrogen-bond acceptors (Lipinski definition) is 7. The average molecular weight is 488 g/mol. The van der Waals surface area contributed by atoms with Crippen molar-refractivity contribution in [2.75, 3.05) is 21.3 Å². The van der Waals surface area contributed by atoms with E-state index < -0.39 is 11.7 Å². The summed E-state index contributed by atoms with van der Waals surface area (Å²) < 4.78 is 21.7. The van der Waals surface area contributed by atoms with Crippen molar-refractivity contribution in [3.8, 4) is 5.75 Å². The normalized spacial score (nSPS) is 11.5. The van der Waals surface area contributed by atoms with Crippen molar-refractivity contribution in [2.24, 2.45) is 7.05 Å². The number of esters is 2. The quantitative estimate of drug-likeness (QED) is 0.336. The molecule has 0 fully saturated rings. The summed E-state index contributed by atoms with van der Waals surface area (Å²) in [6.45, 7) is 1.85. The highest BCUT2D eigenvalue weighted by Gasteiger charge is 2.20. The number of fused-ring (bicyclic) bond motifs is 1. The van der Waals surface area contributed by atoms with Gasteiger partial charge in [-0.05, 0) is 66.3 Å². The monoisotopic (exact) mass is 487 g/mol. The average Bonchev–Trinajstić information content (AvgIpc) is 3.11. The van der Waals surface area contributed by atoms with E-state index in [1.807, 2.05) is 25.1 Å². The molecule has 0 spiro atoms. The molecule has 0 N–H and O–H groups in total. The zero-order chi connectivity index (χ0) is 25.0. The topological polar surface area (TPSA) is 97.0 Å². The molecule has 0 unspecified atom stereocenters. The van der Waals surface area contributed by atoms with Crippen molar-refractivity contribution in [2.45, 2.75) is 26.2 Å². The molecular formula is C25H26ClNO7. The van der Waals surface area contributed by atoms with E-state index >= 15 is 0 Å². The lowest BCUT2D eigenvalue weighted by Gasteiger charge is -2.15. The first-order valence-corrected chi connectivity index (χ1v) is 10.9. The van der Waals surface area contributed by atoms with Gasteiger partial charge in [0.2, 0.25) is 0 Å². The van der Waals surface area contributed by atoms with E-state index in [9.17, 15) is 14.4 Å². The Morgan fingerprint density at radius 2 is 1.79 bits per heavy atom. The molecule has 8 nitrogen and oxygen atoms in total. The molecule has 3 rings (SSSR count). The van der Waals surface area contributed by atoms with Crippen molar-refractivity contribution in [3.05, 3.63) is 68.2 Å². The number of rotatable bonds is 8. The number of halogens is 1. The van der Waals surface area contributed by atoms with Crippen LogP contribution >= 0.6 is 11.6 Å². The van der Waals surface area contributed by atoms with Gasteiger partial charge in [0.1, 0.15) is 5.56 Å². The van der Waals surface area contributed by atoms with Crippen molar-refractivity contribution < 1.29 is 28.2 Å². The first kappa shape index (κ1) is 25.1. The van der Waals surface area contributed by atoms with Crippen LogP contribution in [0.15, 0.2) is 39.6 Å². The summed E-state index contributed by atoms with van der Waals surface area (Å²) in [5.74, 6) is -1.12. The third-order valence-electron chi connectivity index (χ3n) is 5.52. The maximum Gasteiger partial charge on any atom is 0.419 e. The van der Waals surface area contributed by atoms with Crippen LogP contribution in [0.3, 0.4) is 0 Å². The summed E-state index contributed by atoms with van der Waals surface area (Å²) in [4.78, 5) is 36.0. The van der Waals surface area contributed by atoms with Crippen molar-refractivity contribution >= 4 is 40.2 Å². The largest absolute Gasteiger partial charge is 0.494 e. The summed E-state index contributed by atoms with van der Waals surface area (Å²) in [6.07, 6.45) is 3.35. The number of carbonyl (C=O) groups excluding carboxylic acids is 2. The summed E-state index contributed by atoms with van der Waals surface area (Å²) in [5.41, 5.74) is 4.30. The maximum absolute atomic E-state index is 12.4. The van der Waals surface area contributed by atoms with Gasteiger partial charge in [0.25, 0.3) is 0 Å². The number of unbranched alkanes of at least 4 members (excludes halogenated alkanes) is 1. The fourth-order valence-electron chi connectivity index (χ4n) is 3.76. The summed E-state index contributed by atoms with van der Waals surface area (Å²) in [5, 5.41) is 0.245. The molecular weight excluding hydrogens is 462 g/mol. The Labute approximate surface area is 201 Å². The molecule has 0 saturated carbocycles. The number of oxazole rings is 1. The SMILES string of the molecule is COC(=O)CCCC=C(c1cc(Cl)c(OC)c(C(=O)OC)c1)c1cc(C)c2oc(=O)n(C)c2c1. The zero-order valence-electron chi connectivity index (χ0n) is 19.7. The minimum Gasteiger partial charge on any atom is -0.494 e. The zero-order valence-corrected chi connectivity index (χ0v) is 20.4. The number of aromatic nitrogens is 1. The van der Waals surface area contributed by atoms with E-state index in [0.717, 1.165) is 16.7 Å². The van der Waals surface area contributed by atoms with E-state index in [0.29, 0.717) is 29.5 Å². The molecule has 1 aromatic heterocycles.